The third-order valence-electron chi connectivity index (χ3n) is 4.30. The summed E-state index contributed by atoms with van der Waals surface area (Å²) in [6.07, 6.45) is 6.48. The van der Waals surface area contributed by atoms with Crippen molar-refractivity contribution in [3.05, 3.63) is 0 Å². The zero-order chi connectivity index (χ0) is 17.6. The number of amides is 1. The van der Waals surface area contributed by atoms with Gasteiger partial charge in [0.25, 0.3) is 0 Å². The van der Waals surface area contributed by atoms with Crippen LogP contribution in [0.4, 0.5) is 0 Å². The van der Waals surface area contributed by atoms with E-state index < -0.39 is 0 Å². The highest BCUT2D eigenvalue weighted by molar-refractivity contribution is 14.0. The van der Waals surface area contributed by atoms with Gasteiger partial charge in [0.05, 0.1) is 19.3 Å². The summed E-state index contributed by atoms with van der Waals surface area (Å²) < 4.78 is 10.8. The van der Waals surface area contributed by atoms with E-state index in [9.17, 15) is 4.79 Å². The first-order valence-corrected chi connectivity index (χ1v) is 9.03. The van der Waals surface area contributed by atoms with Crippen LogP contribution in [0.5, 0.6) is 0 Å². The third kappa shape index (κ3) is 10.9. The molecule has 148 valence electrons. The number of ether oxygens (including phenoxy) is 2. The molecule has 1 atom stereocenters. The Hall–Kier alpha value is -0.610. The number of guanidine groups is 1. The van der Waals surface area contributed by atoms with Crippen molar-refractivity contribution < 1.29 is 14.3 Å². The summed E-state index contributed by atoms with van der Waals surface area (Å²) in [4.78, 5) is 15.8. The summed E-state index contributed by atoms with van der Waals surface area (Å²) in [6, 6.07) is 0. The Kier molecular flexibility index (Phi) is 15.2. The van der Waals surface area contributed by atoms with E-state index in [-0.39, 0.29) is 36.4 Å². The predicted molar refractivity (Wildman–Crippen MR) is 112 cm³/mol. The molecule has 0 saturated heterocycles. The van der Waals surface area contributed by atoms with Gasteiger partial charge in [-0.25, -0.2) is 0 Å². The van der Waals surface area contributed by atoms with Crippen LogP contribution in [0.2, 0.25) is 0 Å². The lowest BCUT2D eigenvalue weighted by molar-refractivity contribution is -0.120. The number of nitrogens with zero attached hydrogens (tertiary/aromatic N) is 1. The van der Waals surface area contributed by atoms with Crippen LogP contribution in [0.1, 0.15) is 39.0 Å². The van der Waals surface area contributed by atoms with Gasteiger partial charge in [-0.05, 0) is 32.1 Å². The van der Waals surface area contributed by atoms with Crippen molar-refractivity contribution in [1.82, 2.24) is 16.0 Å². The molecule has 0 radical (unpaired) electrons. The molecular weight excluding hydrogens is 435 g/mol. The van der Waals surface area contributed by atoms with Crippen LogP contribution in [0.15, 0.2) is 4.99 Å². The van der Waals surface area contributed by atoms with Crippen molar-refractivity contribution in [3.63, 3.8) is 0 Å². The molecule has 1 fully saturated rings. The molecule has 3 N–H and O–H groups in total. The lowest BCUT2D eigenvalue weighted by Crippen LogP contribution is -2.44. The Balaban J connectivity index is 0.00000576. The number of rotatable bonds is 11. The Labute approximate surface area is 169 Å². The van der Waals surface area contributed by atoms with Gasteiger partial charge in [0.2, 0.25) is 5.91 Å². The van der Waals surface area contributed by atoms with Crippen LogP contribution >= 0.6 is 24.0 Å². The average molecular weight is 470 g/mol. The molecule has 1 unspecified atom stereocenters. The van der Waals surface area contributed by atoms with E-state index in [0.29, 0.717) is 31.1 Å². The van der Waals surface area contributed by atoms with E-state index in [1.54, 1.807) is 14.2 Å². The average Bonchev–Trinajstić information content (AvgIpc) is 3.11. The molecule has 0 aromatic heterocycles. The van der Waals surface area contributed by atoms with Crippen molar-refractivity contribution in [2.45, 2.75) is 45.1 Å². The summed E-state index contributed by atoms with van der Waals surface area (Å²) in [5.74, 6) is 1.25. The molecule has 1 amide bonds. The second-order valence-corrected chi connectivity index (χ2v) is 6.02. The lowest BCUT2D eigenvalue weighted by Gasteiger charge is -2.24. The molecule has 0 aromatic carbocycles. The minimum Gasteiger partial charge on any atom is -0.383 e. The predicted octanol–water partition coefficient (Wildman–Crippen LogP) is 1.52. The third-order valence-corrected chi connectivity index (χ3v) is 4.30. The van der Waals surface area contributed by atoms with Gasteiger partial charge < -0.3 is 25.4 Å². The first-order valence-electron chi connectivity index (χ1n) is 9.03. The highest BCUT2D eigenvalue weighted by Gasteiger charge is 2.25. The zero-order valence-electron chi connectivity index (χ0n) is 15.8. The molecule has 25 heavy (non-hydrogen) atoms. The molecule has 1 saturated carbocycles. The number of carbonyl (C=O) groups excluding carboxylic acids is 1. The number of carbonyl (C=O) groups is 1. The van der Waals surface area contributed by atoms with Gasteiger partial charge in [0.15, 0.2) is 5.96 Å². The summed E-state index contributed by atoms with van der Waals surface area (Å²) in [6.45, 7) is 4.82. The van der Waals surface area contributed by atoms with Crippen molar-refractivity contribution >= 4 is 35.8 Å². The second kappa shape index (κ2) is 15.6. The number of aliphatic imine (C=N–C) groups is 1. The SMILES string of the molecule is CCOC(CCNC(=NC)NCC(=O)NCCOC)C1CCCC1.I. The lowest BCUT2D eigenvalue weighted by atomic mass is 9.98. The summed E-state index contributed by atoms with van der Waals surface area (Å²) in [7, 11) is 3.31. The van der Waals surface area contributed by atoms with Crippen LogP contribution in [-0.2, 0) is 14.3 Å². The topological polar surface area (TPSA) is 84.0 Å². The van der Waals surface area contributed by atoms with Gasteiger partial charge in [0, 0.05) is 33.9 Å². The van der Waals surface area contributed by atoms with Crippen LogP contribution in [0.25, 0.3) is 0 Å². The summed E-state index contributed by atoms with van der Waals surface area (Å²) >= 11 is 0. The molecule has 1 aliphatic rings. The van der Waals surface area contributed by atoms with Gasteiger partial charge >= 0.3 is 0 Å². The van der Waals surface area contributed by atoms with Crippen molar-refractivity contribution in [2.24, 2.45) is 10.9 Å². The van der Waals surface area contributed by atoms with Crippen LogP contribution < -0.4 is 16.0 Å². The van der Waals surface area contributed by atoms with E-state index >= 15 is 0 Å². The fourth-order valence-electron chi connectivity index (χ4n) is 3.07. The van der Waals surface area contributed by atoms with E-state index in [1.807, 2.05) is 0 Å². The van der Waals surface area contributed by atoms with Crippen molar-refractivity contribution in [2.75, 3.05) is 47.0 Å². The van der Waals surface area contributed by atoms with E-state index in [2.05, 4.69) is 27.9 Å². The van der Waals surface area contributed by atoms with Crippen LogP contribution in [0.3, 0.4) is 0 Å². The summed E-state index contributed by atoms with van der Waals surface area (Å²) in [5.41, 5.74) is 0. The van der Waals surface area contributed by atoms with E-state index in [4.69, 9.17) is 9.47 Å². The number of hydrogen-bond acceptors (Lipinski definition) is 4. The zero-order valence-corrected chi connectivity index (χ0v) is 18.1. The van der Waals surface area contributed by atoms with Gasteiger partial charge in [0.1, 0.15) is 0 Å². The first kappa shape index (κ1) is 24.4. The maximum Gasteiger partial charge on any atom is 0.239 e. The molecule has 1 rings (SSSR count). The highest BCUT2D eigenvalue weighted by atomic mass is 127. The van der Waals surface area contributed by atoms with Crippen LogP contribution in [-0.4, -0.2) is 65.0 Å². The molecule has 0 aliphatic heterocycles. The van der Waals surface area contributed by atoms with Crippen molar-refractivity contribution in [3.8, 4) is 0 Å². The number of nitrogens with one attached hydrogen (secondary N) is 3. The largest absolute Gasteiger partial charge is 0.383 e. The Bertz CT molecular complexity index is 377. The number of methoxy groups -OCH3 is 1. The maximum atomic E-state index is 11.6. The minimum atomic E-state index is -0.0758. The van der Waals surface area contributed by atoms with Gasteiger partial charge in [-0.3, -0.25) is 9.79 Å². The molecule has 0 aromatic rings. The van der Waals surface area contributed by atoms with E-state index in [1.165, 1.54) is 25.7 Å². The fraction of sp³-hybridized carbons (Fsp3) is 0.882. The minimum absolute atomic E-state index is 0. The Morgan fingerprint density at radius 3 is 2.52 bits per heavy atom. The number of hydrogen-bond donors (Lipinski definition) is 3. The highest BCUT2D eigenvalue weighted by Crippen LogP contribution is 2.30. The van der Waals surface area contributed by atoms with E-state index in [0.717, 1.165) is 19.6 Å². The molecule has 0 spiro atoms. The maximum absolute atomic E-state index is 11.6. The fourth-order valence-corrected chi connectivity index (χ4v) is 3.07. The standard InChI is InChI=1S/C17H34N4O3.HI/c1-4-24-15(14-7-5-6-8-14)9-10-20-17(18-2)21-13-16(22)19-11-12-23-3;/h14-15H,4-13H2,1-3H3,(H,19,22)(H2,18,20,21);1H. The van der Waals surface area contributed by atoms with Gasteiger partial charge in [-0.15, -0.1) is 24.0 Å². The van der Waals surface area contributed by atoms with Gasteiger partial charge in [-0.2, -0.15) is 0 Å². The molecule has 1 aliphatic carbocycles. The number of halogens is 1. The molecule has 0 bridgehead atoms. The van der Waals surface area contributed by atoms with Gasteiger partial charge in [-0.1, -0.05) is 12.8 Å². The molecule has 7 nitrogen and oxygen atoms in total. The molecular formula is C17H35IN4O3. The Morgan fingerprint density at radius 2 is 1.92 bits per heavy atom. The first-order chi connectivity index (χ1) is 11.7. The monoisotopic (exact) mass is 470 g/mol. The quantitative estimate of drug-likeness (QED) is 0.185. The van der Waals surface area contributed by atoms with Crippen LogP contribution in [0, 0.1) is 5.92 Å². The smallest absolute Gasteiger partial charge is 0.239 e. The molecule has 8 heteroatoms. The normalized spacial score (nSPS) is 16.2. The van der Waals surface area contributed by atoms with Crippen molar-refractivity contribution in [1.29, 1.82) is 0 Å². The second-order valence-electron chi connectivity index (χ2n) is 6.02. The molecule has 0 heterocycles. The summed E-state index contributed by atoms with van der Waals surface area (Å²) in [5, 5.41) is 9.04. The Morgan fingerprint density at radius 1 is 1.20 bits per heavy atom.